The first-order valence-corrected chi connectivity index (χ1v) is 6.89. The smallest absolute Gasteiger partial charge is 0.161 e. The van der Waals surface area contributed by atoms with Crippen LogP contribution in [0.1, 0.15) is 50.7 Å². The molecule has 1 aromatic carbocycles. The minimum absolute atomic E-state index is 0.395. The second kappa shape index (κ2) is 6.64. The molecule has 18 heavy (non-hydrogen) atoms. The molecule has 0 radical (unpaired) electrons. The predicted octanol–water partition coefficient (Wildman–Crippen LogP) is 3.46. The van der Waals surface area contributed by atoms with Gasteiger partial charge in [-0.1, -0.05) is 32.3 Å². The van der Waals surface area contributed by atoms with Crippen LogP contribution < -0.4 is 9.47 Å². The Labute approximate surface area is 109 Å². The predicted molar refractivity (Wildman–Crippen MR) is 71.2 cm³/mol. The van der Waals surface area contributed by atoms with E-state index in [2.05, 4.69) is 6.92 Å². The molecular formula is C15H22O3. The summed E-state index contributed by atoms with van der Waals surface area (Å²) in [4.78, 5) is 0. The average molecular weight is 250 g/mol. The summed E-state index contributed by atoms with van der Waals surface area (Å²) >= 11 is 0. The van der Waals surface area contributed by atoms with E-state index >= 15 is 0 Å². The first kappa shape index (κ1) is 13.2. The second-order valence-electron chi connectivity index (χ2n) is 4.77. The summed E-state index contributed by atoms with van der Waals surface area (Å²) in [5.41, 5.74) is 0.926. The minimum Gasteiger partial charge on any atom is -0.490 e. The van der Waals surface area contributed by atoms with Gasteiger partial charge in [0.05, 0.1) is 19.3 Å². The molecule has 1 atom stereocenters. The highest BCUT2D eigenvalue weighted by atomic mass is 16.5. The Morgan fingerprint density at radius 1 is 1.17 bits per heavy atom. The standard InChI is InChI=1S/C15H22O3/c1-2-3-4-6-13(16)12-7-8-14-15(11-12)18-10-5-9-17-14/h7-8,11,13,16H,2-6,9-10H2,1H3. The molecule has 0 spiro atoms. The van der Waals surface area contributed by atoms with Gasteiger partial charge < -0.3 is 14.6 Å². The number of hydrogen-bond acceptors (Lipinski definition) is 3. The number of rotatable bonds is 5. The van der Waals surface area contributed by atoms with Crippen molar-refractivity contribution in [2.24, 2.45) is 0 Å². The Morgan fingerprint density at radius 3 is 2.72 bits per heavy atom. The minimum atomic E-state index is -0.395. The maximum absolute atomic E-state index is 10.1. The highest BCUT2D eigenvalue weighted by molar-refractivity contribution is 5.44. The quantitative estimate of drug-likeness (QED) is 0.813. The fraction of sp³-hybridized carbons (Fsp3) is 0.600. The summed E-state index contributed by atoms with van der Waals surface area (Å²) in [6, 6.07) is 5.75. The van der Waals surface area contributed by atoms with Gasteiger partial charge in [0.15, 0.2) is 11.5 Å². The van der Waals surface area contributed by atoms with Crippen LogP contribution in [0.5, 0.6) is 11.5 Å². The van der Waals surface area contributed by atoms with Crippen molar-refractivity contribution in [3.05, 3.63) is 23.8 Å². The molecule has 1 aliphatic heterocycles. The van der Waals surface area contributed by atoms with Crippen LogP contribution >= 0.6 is 0 Å². The van der Waals surface area contributed by atoms with E-state index < -0.39 is 6.10 Å². The van der Waals surface area contributed by atoms with Gasteiger partial charge in [-0.3, -0.25) is 0 Å². The third-order valence-corrected chi connectivity index (χ3v) is 3.24. The van der Waals surface area contributed by atoms with Gasteiger partial charge in [-0.05, 0) is 24.1 Å². The van der Waals surface area contributed by atoms with E-state index in [1.807, 2.05) is 18.2 Å². The lowest BCUT2D eigenvalue weighted by atomic mass is 10.0. The van der Waals surface area contributed by atoms with E-state index in [0.29, 0.717) is 13.2 Å². The van der Waals surface area contributed by atoms with Gasteiger partial charge in [-0.25, -0.2) is 0 Å². The fourth-order valence-corrected chi connectivity index (χ4v) is 2.14. The van der Waals surface area contributed by atoms with Crippen LogP contribution in [0.25, 0.3) is 0 Å². The van der Waals surface area contributed by atoms with E-state index in [1.54, 1.807) is 0 Å². The summed E-state index contributed by atoms with van der Waals surface area (Å²) < 4.78 is 11.2. The lowest BCUT2D eigenvalue weighted by Crippen LogP contribution is -1.99. The summed E-state index contributed by atoms with van der Waals surface area (Å²) in [7, 11) is 0. The molecule has 0 saturated carbocycles. The van der Waals surface area contributed by atoms with Crippen molar-refractivity contribution in [1.82, 2.24) is 0 Å². The Morgan fingerprint density at radius 2 is 1.94 bits per heavy atom. The van der Waals surface area contributed by atoms with Gasteiger partial charge in [-0.15, -0.1) is 0 Å². The Balaban J connectivity index is 2.02. The largest absolute Gasteiger partial charge is 0.490 e. The highest BCUT2D eigenvalue weighted by Crippen LogP contribution is 2.33. The molecule has 1 aromatic rings. The van der Waals surface area contributed by atoms with Crippen LogP contribution in [0, 0.1) is 0 Å². The maximum Gasteiger partial charge on any atom is 0.161 e. The molecule has 0 saturated heterocycles. The van der Waals surface area contributed by atoms with Crippen molar-refractivity contribution in [2.45, 2.75) is 45.1 Å². The average Bonchev–Trinajstić information content (AvgIpc) is 2.63. The molecule has 1 unspecified atom stereocenters. The zero-order valence-corrected chi connectivity index (χ0v) is 11.0. The van der Waals surface area contributed by atoms with Crippen molar-refractivity contribution in [3.8, 4) is 11.5 Å². The molecule has 2 rings (SSSR count). The van der Waals surface area contributed by atoms with E-state index in [0.717, 1.165) is 36.3 Å². The van der Waals surface area contributed by atoms with E-state index in [4.69, 9.17) is 9.47 Å². The summed E-state index contributed by atoms with van der Waals surface area (Å²) in [6.07, 6.45) is 4.73. The molecule has 3 heteroatoms. The van der Waals surface area contributed by atoms with Crippen molar-refractivity contribution in [1.29, 1.82) is 0 Å². The zero-order chi connectivity index (χ0) is 12.8. The van der Waals surface area contributed by atoms with Crippen molar-refractivity contribution in [2.75, 3.05) is 13.2 Å². The number of aliphatic hydroxyl groups is 1. The number of benzene rings is 1. The van der Waals surface area contributed by atoms with E-state index in [-0.39, 0.29) is 0 Å². The molecule has 0 amide bonds. The molecule has 1 aliphatic rings. The van der Waals surface area contributed by atoms with E-state index in [9.17, 15) is 5.11 Å². The lowest BCUT2D eigenvalue weighted by Gasteiger charge is -2.13. The van der Waals surface area contributed by atoms with Gasteiger partial charge >= 0.3 is 0 Å². The van der Waals surface area contributed by atoms with Crippen LogP contribution in [0.4, 0.5) is 0 Å². The van der Waals surface area contributed by atoms with Crippen molar-refractivity contribution in [3.63, 3.8) is 0 Å². The molecule has 3 nitrogen and oxygen atoms in total. The maximum atomic E-state index is 10.1. The Bertz CT molecular complexity index is 376. The molecule has 1 N–H and O–H groups in total. The lowest BCUT2D eigenvalue weighted by molar-refractivity contribution is 0.163. The normalized spacial score (nSPS) is 16.1. The van der Waals surface area contributed by atoms with Crippen LogP contribution in [-0.4, -0.2) is 18.3 Å². The first-order valence-electron chi connectivity index (χ1n) is 6.89. The number of hydrogen-bond donors (Lipinski definition) is 1. The van der Waals surface area contributed by atoms with Gasteiger partial charge in [0.1, 0.15) is 0 Å². The molecule has 0 aliphatic carbocycles. The van der Waals surface area contributed by atoms with Gasteiger partial charge in [0, 0.05) is 6.42 Å². The fourth-order valence-electron chi connectivity index (χ4n) is 2.14. The summed E-state index contributed by atoms with van der Waals surface area (Å²) in [5, 5.41) is 10.1. The molecule has 1 heterocycles. The van der Waals surface area contributed by atoms with Crippen molar-refractivity contribution < 1.29 is 14.6 Å². The SMILES string of the molecule is CCCCCC(O)c1ccc2c(c1)OCCCO2. The van der Waals surface area contributed by atoms with Crippen LogP contribution in [0.15, 0.2) is 18.2 Å². The molecule has 0 bridgehead atoms. The van der Waals surface area contributed by atoms with Crippen LogP contribution in [0.3, 0.4) is 0 Å². The summed E-state index contributed by atoms with van der Waals surface area (Å²) in [5.74, 6) is 1.55. The summed E-state index contributed by atoms with van der Waals surface area (Å²) in [6.45, 7) is 3.55. The molecule has 0 fully saturated rings. The molecule has 0 aromatic heterocycles. The van der Waals surface area contributed by atoms with Gasteiger partial charge in [0.2, 0.25) is 0 Å². The van der Waals surface area contributed by atoms with Crippen LogP contribution in [0.2, 0.25) is 0 Å². The first-order chi connectivity index (χ1) is 8.81. The molecule has 100 valence electrons. The van der Waals surface area contributed by atoms with Crippen LogP contribution in [-0.2, 0) is 0 Å². The zero-order valence-electron chi connectivity index (χ0n) is 11.0. The number of ether oxygens (including phenoxy) is 2. The number of unbranched alkanes of at least 4 members (excludes halogenated alkanes) is 2. The monoisotopic (exact) mass is 250 g/mol. The second-order valence-corrected chi connectivity index (χ2v) is 4.77. The third-order valence-electron chi connectivity index (χ3n) is 3.24. The number of aliphatic hydroxyl groups excluding tert-OH is 1. The Hall–Kier alpha value is -1.22. The van der Waals surface area contributed by atoms with Crippen molar-refractivity contribution >= 4 is 0 Å². The van der Waals surface area contributed by atoms with E-state index in [1.165, 1.54) is 12.8 Å². The van der Waals surface area contributed by atoms with Gasteiger partial charge in [0.25, 0.3) is 0 Å². The highest BCUT2D eigenvalue weighted by Gasteiger charge is 2.14. The number of fused-ring (bicyclic) bond motifs is 1. The Kier molecular flexibility index (Phi) is 4.88. The topological polar surface area (TPSA) is 38.7 Å². The molecular weight excluding hydrogens is 228 g/mol. The third kappa shape index (κ3) is 3.39. The van der Waals surface area contributed by atoms with Gasteiger partial charge in [-0.2, -0.15) is 0 Å².